The van der Waals surface area contributed by atoms with E-state index in [0.29, 0.717) is 42.4 Å². The highest BCUT2D eigenvalue weighted by atomic mass is 16.5. The minimum atomic E-state index is -0.749. The van der Waals surface area contributed by atoms with Gasteiger partial charge in [0.1, 0.15) is 11.5 Å². The Labute approximate surface area is 214 Å². The summed E-state index contributed by atoms with van der Waals surface area (Å²) in [4.78, 5) is 29.4. The molecule has 0 aliphatic carbocycles. The number of quaternary nitrogens is 1. The molecule has 0 bridgehead atoms. The maximum absolute atomic E-state index is 13.6. The van der Waals surface area contributed by atoms with Crippen molar-refractivity contribution in [2.45, 2.75) is 46.6 Å². The number of rotatable bonds is 13. The van der Waals surface area contributed by atoms with Gasteiger partial charge in [-0.25, -0.2) is 0 Å². The zero-order chi connectivity index (χ0) is 26.1. The predicted octanol–water partition coefficient (Wildman–Crippen LogP) is 2.41. The molecule has 2 aromatic rings. The number of nitrogens with zero attached hydrogens (tertiary/aromatic N) is 1. The molecule has 7 nitrogen and oxygen atoms in total. The quantitative estimate of drug-likeness (QED) is 0.263. The maximum Gasteiger partial charge on any atom is 0.295 e. The average molecular weight is 495 g/mol. The minimum Gasteiger partial charge on any atom is -0.872 e. The van der Waals surface area contributed by atoms with Crippen LogP contribution >= 0.6 is 0 Å². The summed E-state index contributed by atoms with van der Waals surface area (Å²) in [7, 11) is 0. The highest BCUT2D eigenvalue weighted by Crippen LogP contribution is 2.39. The lowest BCUT2D eigenvalue weighted by atomic mass is 9.95. The molecule has 0 radical (unpaired) electrons. The second kappa shape index (κ2) is 13.1. The van der Waals surface area contributed by atoms with E-state index in [-0.39, 0.29) is 5.57 Å². The number of carbonyl (C=O) groups excluding carboxylic acids is 2. The molecule has 7 heteroatoms. The molecule has 1 fully saturated rings. The second-order valence-corrected chi connectivity index (χ2v) is 8.91. The Bertz CT molecular complexity index is 1060. The molecular weight excluding hydrogens is 456 g/mol. The van der Waals surface area contributed by atoms with Crippen LogP contribution in [0.4, 0.5) is 0 Å². The SMILES string of the molecule is CCCOc1cccc(C2C(=C([O-])c3ccc(OCC)cc3)C(=O)C(=O)N2CCC[NH+](CC)CC)c1. The first-order valence-electron chi connectivity index (χ1n) is 13.0. The Hall–Kier alpha value is -3.32. The van der Waals surface area contributed by atoms with E-state index in [1.807, 2.05) is 38.1 Å². The summed E-state index contributed by atoms with van der Waals surface area (Å²) in [5.41, 5.74) is 1.05. The summed E-state index contributed by atoms with van der Waals surface area (Å²) < 4.78 is 11.3. The van der Waals surface area contributed by atoms with Crippen molar-refractivity contribution in [3.05, 3.63) is 65.2 Å². The van der Waals surface area contributed by atoms with Gasteiger partial charge in [0, 0.05) is 18.5 Å². The molecule has 1 heterocycles. The minimum absolute atomic E-state index is 0.00742. The van der Waals surface area contributed by atoms with Crippen LogP contribution in [0.2, 0.25) is 0 Å². The van der Waals surface area contributed by atoms with Crippen LogP contribution < -0.4 is 19.5 Å². The van der Waals surface area contributed by atoms with Crippen molar-refractivity contribution in [1.29, 1.82) is 0 Å². The molecule has 1 amide bonds. The van der Waals surface area contributed by atoms with Gasteiger partial charge in [0.2, 0.25) is 5.78 Å². The van der Waals surface area contributed by atoms with Gasteiger partial charge in [0.15, 0.2) is 0 Å². The fraction of sp³-hybridized carbons (Fsp3) is 0.448. The zero-order valence-corrected chi connectivity index (χ0v) is 21.8. The molecule has 3 rings (SSSR count). The van der Waals surface area contributed by atoms with Gasteiger partial charge >= 0.3 is 0 Å². The normalized spacial score (nSPS) is 17.1. The number of ketones is 1. The highest BCUT2D eigenvalue weighted by molar-refractivity contribution is 6.46. The van der Waals surface area contributed by atoms with E-state index in [1.165, 1.54) is 4.90 Å². The van der Waals surface area contributed by atoms with Crippen LogP contribution in [-0.2, 0) is 9.59 Å². The van der Waals surface area contributed by atoms with Gasteiger partial charge < -0.3 is 24.4 Å². The Balaban J connectivity index is 2.02. The third-order valence-electron chi connectivity index (χ3n) is 6.53. The number of hydrogen-bond donors (Lipinski definition) is 1. The van der Waals surface area contributed by atoms with Crippen molar-refractivity contribution in [2.75, 3.05) is 39.4 Å². The molecule has 0 aromatic heterocycles. The van der Waals surface area contributed by atoms with Crippen LogP contribution in [0, 0.1) is 0 Å². The third kappa shape index (κ3) is 6.26. The van der Waals surface area contributed by atoms with E-state index in [4.69, 9.17) is 9.47 Å². The number of likely N-dealkylation sites (tertiary alicyclic amines) is 1. The van der Waals surface area contributed by atoms with Crippen molar-refractivity contribution in [3.63, 3.8) is 0 Å². The molecule has 2 aromatic carbocycles. The topological polar surface area (TPSA) is 83.3 Å². The van der Waals surface area contributed by atoms with Crippen LogP contribution in [0.1, 0.15) is 57.7 Å². The lowest BCUT2D eigenvalue weighted by Gasteiger charge is -2.28. The fourth-order valence-corrected chi connectivity index (χ4v) is 4.57. The summed E-state index contributed by atoms with van der Waals surface area (Å²) in [5.74, 6) is -0.483. The summed E-state index contributed by atoms with van der Waals surface area (Å²) in [6.45, 7) is 12.5. The molecule has 1 atom stereocenters. The summed E-state index contributed by atoms with van der Waals surface area (Å²) in [6.07, 6.45) is 1.60. The van der Waals surface area contributed by atoms with Crippen molar-refractivity contribution < 1.29 is 29.1 Å². The molecule has 1 aliphatic rings. The highest BCUT2D eigenvalue weighted by Gasteiger charge is 2.44. The van der Waals surface area contributed by atoms with Crippen LogP contribution in [0.3, 0.4) is 0 Å². The molecule has 0 spiro atoms. The van der Waals surface area contributed by atoms with E-state index in [0.717, 1.165) is 32.5 Å². The fourth-order valence-electron chi connectivity index (χ4n) is 4.57. The number of amides is 1. The number of carbonyl (C=O) groups is 2. The molecule has 1 saturated heterocycles. The first-order chi connectivity index (χ1) is 17.4. The second-order valence-electron chi connectivity index (χ2n) is 8.91. The van der Waals surface area contributed by atoms with E-state index < -0.39 is 23.5 Å². The monoisotopic (exact) mass is 494 g/mol. The van der Waals surface area contributed by atoms with Crippen LogP contribution in [0.25, 0.3) is 5.76 Å². The number of nitrogens with one attached hydrogen (secondary N) is 1. The van der Waals surface area contributed by atoms with Crippen LogP contribution in [-0.4, -0.2) is 56.0 Å². The number of Topliss-reactive ketones (excluding diaryl/α,β-unsaturated/α-hetero) is 1. The lowest BCUT2D eigenvalue weighted by molar-refractivity contribution is -0.896. The maximum atomic E-state index is 13.6. The Morgan fingerprint density at radius 2 is 1.69 bits per heavy atom. The standard InChI is InChI=1S/C29H38N2O5/c1-5-19-36-24-12-9-11-22(20-24)26-25(27(32)21-13-15-23(16-14-21)35-8-4)28(33)29(34)31(26)18-10-17-30(6-2)7-3/h9,11-16,20,26,32H,5-8,10,17-19H2,1-4H3. The summed E-state index contributed by atoms with van der Waals surface area (Å²) in [5, 5.41) is 13.6. The van der Waals surface area contributed by atoms with Gasteiger partial charge in [-0.2, -0.15) is 0 Å². The number of benzene rings is 2. The van der Waals surface area contributed by atoms with E-state index in [2.05, 4.69) is 13.8 Å². The van der Waals surface area contributed by atoms with E-state index >= 15 is 0 Å². The van der Waals surface area contributed by atoms with Crippen molar-refractivity contribution in [2.24, 2.45) is 0 Å². The molecule has 36 heavy (non-hydrogen) atoms. The van der Waals surface area contributed by atoms with Gasteiger partial charge in [0.05, 0.1) is 38.9 Å². The lowest BCUT2D eigenvalue weighted by Crippen LogP contribution is -3.11. The van der Waals surface area contributed by atoms with Crippen molar-refractivity contribution >= 4 is 17.4 Å². The van der Waals surface area contributed by atoms with Gasteiger partial charge in [-0.1, -0.05) is 36.9 Å². The third-order valence-corrected chi connectivity index (χ3v) is 6.53. The average Bonchev–Trinajstić information content (AvgIpc) is 3.15. The summed E-state index contributed by atoms with van der Waals surface area (Å²) >= 11 is 0. The first-order valence-corrected chi connectivity index (χ1v) is 13.0. The van der Waals surface area contributed by atoms with E-state index in [1.54, 1.807) is 29.2 Å². The smallest absolute Gasteiger partial charge is 0.295 e. The van der Waals surface area contributed by atoms with Crippen molar-refractivity contribution in [1.82, 2.24) is 4.90 Å². The molecule has 1 N–H and O–H groups in total. The van der Waals surface area contributed by atoms with Crippen molar-refractivity contribution in [3.8, 4) is 11.5 Å². The number of ether oxygens (including phenoxy) is 2. The van der Waals surface area contributed by atoms with Gasteiger partial charge in [0.25, 0.3) is 5.91 Å². The molecular formula is C29H38N2O5. The largest absolute Gasteiger partial charge is 0.872 e. The molecule has 1 unspecified atom stereocenters. The van der Waals surface area contributed by atoms with Gasteiger partial charge in [-0.05, 0) is 62.6 Å². The molecule has 1 aliphatic heterocycles. The zero-order valence-electron chi connectivity index (χ0n) is 21.8. The Morgan fingerprint density at radius 3 is 2.33 bits per heavy atom. The molecule has 194 valence electrons. The number of hydrogen-bond acceptors (Lipinski definition) is 5. The van der Waals surface area contributed by atoms with Gasteiger partial charge in [-0.3, -0.25) is 9.59 Å². The Kier molecular flexibility index (Phi) is 9.94. The predicted molar refractivity (Wildman–Crippen MR) is 138 cm³/mol. The van der Waals surface area contributed by atoms with Gasteiger partial charge in [-0.15, -0.1) is 0 Å². The Morgan fingerprint density at radius 1 is 0.972 bits per heavy atom. The van der Waals surface area contributed by atoms with E-state index in [9.17, 15) is 14.7 Å². The molecule has 0 saturated carbocycles. The first kappa shape index (κ1) is 27.3. The summed E-state index contributed by atoms with van der Waals surface area (Å²) in [6, 6.07) is 13.3. The van der Waals surface area contributed by atoms with Crippen LogP contribution in [0.5, 0.6) is 11.5 Å². The van der Waals surface area contributed by atoms with Crippen LogP contribution in [0.15, 0.2) is 54.1 Å².